The van der Waals surface area contributed by atoms with E-state index in [4.69, 9.17) is 16.6 Å². The van der Waals surface area contributed by atoms with Gasteiger partial charge in [0.25, 0.3) is 0 Å². The number of amidine groups is 2. The van der Waals surface area contributed by atoms with E-state index in [1.165, 1.54) is 0 Å². The Morgan fingerprint density at radius 2 is 1.38 bits per heavy atom. The van der Waals surface area contributed by atoms with Gasteiger partial charge in [-0.2, -0.15) is 0 Å². The summed E-state index contributed by atoms with van der Waals surface area (Å²) in [5.74, 6) is 0.158. The molecule has 3 rings (SSSR count). The van der Waals surface area contributed by atoms with Crippen molar-refractivity contribution >= 4 is 17.6 Å². The van der Waals surface area contributed by atoms with Gasteiger partial charge in [-0.3, -0.25) is 15.6 Å². The average molecular weight is 456 g/mol. The third kappa shape index (κ3) is 7.12. The van der Waals surface area contributed by atoms with Crippen LogP contribution >= 0.6 is 0 Å². The van der Waals surface area contributed by atoms with E-state index in [1.54, 1.807) is 18.7 Å². The minimum Gasteiger partial charge on any atom is -0.347 e. The van der Waals surface area contributed by atoms with Crippen LogP contribution in [0.1, 0.15) is 31.4 Å². The van der Waals surface area contributed by atoms with Gasteiger partial charge in [-0.05, 0) is 42.5 Å². The molecule has 1 amide bonds. The fourth-order valence-corrected chi connectivity index (χ4v) is 3.50. The number of rotatable bonds is 9. The fraction of sp³-hybridized carbons (Fsp3) is 0.250. The van der Waals surface area contributed by atoms with E-state index in [9.17, 15) is 4.79 Å². The number of hydrogen-bond acceptors (Lipinski definition) is 4. The van der Waals surface area contributed by atoms with E-state index < -0.39 is 5.54 Å². The summed E-state index contributed by atoms with van der Waals surface area (Å²) in [6.45, 7) is 3.64. The van der Waals surface area contributed by atoms with E-state index >= 15 is 0 Å². The molecule has 6 heteroatoms. The first-order valence-electron chi connectivity index (χ1n) is 11.4. The minimum atomic E-state index is -1.03. The second-order valence-electron chi connectivity index (χ2n) is 8.93. The second-order valence-corrected chi connectivity index (χ2v) is 8.93. The molecule has 3 aromatic carbocycles. The van der Waals surface area contributed by atoms with Gasteiger partial charge in [-0.1, -0.05) is 84.9 Å². The number of hydrogen-bond donors (Lipinski definition) is 4. The standard InChI is InChI=1S/C28H33N5O/c1-28(2,31)27(34)32-19-26(30)33(25(29)18-15-21-9-5-3-6-10-21)20-22-13-16-24(17-14-22)23-11-7-4-8-12-23/h3-14,16-17,29-30H,15,18-20,31H2,1-2H3,(H,32,34). The summed E-state index contributed by atoms with van der Waals surface area (Å²) < 4.78 is 0. The van der Waals surface area contributed by atoms with E-state index in [2.05, 4.69) is 29.6 Å². The van der Waals surface area contributed by atoms with Crippen LogP contribution in [0.2, 0.25) is 0 Å². The lowest BCUT2D eigenvalue weighted by Gasteiger charge is -2.27. The molecule has 0 aliphatic carbocycles. The summed E-state index contributed by atoms with van der Waals surface area (Å²) in [5, 5.41) is 20.0. The molecule has 6 nitrogen and oxygen atoms in total. The van der Waals surface area contributed by atoms with Gasteiger partial charge in [0.15, 0.2) is 0 Å². The molecule has 0 aliphatic heterocycles. The van der Waals surface area contributed by atoms with Gasteiger partial charge in [-0.25, -0.2) is 0 Å². The van der Waals surface area contributed by atoms with Crippen LogP contribution in [0.3, 0.4) is 0 Å². The van der Waals surface area contributed by atoms with Crippen molar-refractivity contribution in [2.24, 2.45) is 5.73 Å². The number of nitrogens with two attached hydrogens (primary N) is 1. The lowest BCUT2D eigenvalue weighted by molar-refractivity contribution is -0.124. The summed E-state index contributed by atoms with van der Waals surface area (Å²) in [4.78, 5) is 13.9. The van der Waals surface area contributed by atoms with Crippen molar-refractivity contribution in [1.82, 2.24) is 10.2 Å². The Labute approximate surface area is 201 Å². The first-order valence-corrected chi connectivity index (χ1v) is 11.4. The normalized spacial score (nSPS) is 11.0. The van der Waals surface area contributed by atoms with Crippen LogP contribution in [-0.2, 0) is 17.8 Å². The van der Waals surface area contributed by atoms with Crippen molar-refractivity contribution in [2.45, 2.75) is 38.8 Å². The summed E-state index contributed by atoms with van der Waals surface area (Å²) in [6, 6.07) is 28.3. The van der Waals surface area contributed by atoms with Gasteiger partial charge in [-0.15, -0.1) is 0 Å². The fourth-order valence-electron chi connectivity index (χ4n) is 3.50. The number of amides is 1. The molecular formula is C28H33N5O. The summed E-state index contributed by atoms with van der Waals surface area (Å²) >= 11 is 0. The Morgan fingerprint density at radius 1 is 0.824 bits per heavy atom. The second kappa shape index (κ2) is 11.4. The zero-order valence-corrected chi connectivity index (χ0v) is 19.8. The van der Waals surface area contributed by atoms with E-state index in [0.29, 0.717) is 25.2 Å². The van der Waals surface area contributed by atoms with Gasteiger partial charge < -0.3 is 16.0 Å². The van der Waals surface area contributed by atoms with Crippen molar-refractivity contribution in [3.05, 3.63) is 96.1 Å². The Balaban J connectivity index is 1.72. The van der Waals surface area contributed by atoms with Crippen molar-refractivity contribution in [2.75, 3.05) is 6.54 Å². The first kappa shape index (κ1) is 24.9. The topological polar surface area (TPSA) is 106 Å². The van der Waals surface area contributed by atoms with Crippen LogP contribution in [-0.4, -0.2) is 34.6 Å². The molecule has 5 N–H and O–H groups in total. The Kier molecular flexibility index (Phi) is 8.33. The van der Waals surface area contributed by atoms with Gasteiger partial charge in [0.2, 0.25) is 5.91 Å². The molecule has 0 radical (unpaired) electrons. The van der Waals surface area contributed by atoms with Gasteiger partial charge >= 0.3 is 0 Å². The molecule has 0 aliphatic rings. The number of benzene rings is 3. The van der Waals surface area contributed by atoms with E-state index in [1.807, 2.05) is 60.7 Å². The van der Waals surface area contributed by atoms with Crippen LogP contribution < -0.4 is 11.1 Å². The predicted octanol–water partition coefficient (Wildman–Crippen LogP) is 4.60. The van der Waals surface area contributed by atoms with Crippen LogP contribution in [0.4, 0.5) is 0 Å². The molecule has 0 atom stereocenters. The third-order valence-corrected chi connectivity index (χ3v) is 5.55. The maximum absolute atomic E-state index is 12.2. The Hall–Kier alpha value is -3.77. The van der Waals surface area contributed by atoms with Gasteiger partial charge in [0, 0.05) is 6.42 Å². The molecule has 0 bridgehead atoms. The number of carbonyl (C=O) groups excluding carboxylic acids is 1. The number of nitrogens with one attached hydrogen (secondary N) is 3. The maximum atomic E-state index is 12.2. The predicted molar refractivity (Wildman–Crippen MR) is 139 cm³/mol. The molecule has 0 aromatic heterocycles. The van der Waals surface area contributed by atoms with E-state index in [0.717, 1.165) is 22.3 Å². The average Bonchev–Trinajstić information content (AvgIpc) is 2.85. The summed E-state index contributed by atoms with van der Waals surface area (Å²) in [7, 11) is 0. The lowest BCUT2D eigenvalue weighted by atomic mass is 10.0. The van der Waals surface area contributed by atoms with Gasteiger partial charge in [0.1, 0.15) is 11.7 Å². The molecule has 3 aromatic rings. The summed E-state index contributed by atoms with van der Waals surface area (Å²) in [6.07, 6.45) is 1.20. The third-order valence-electron chi connectivity index (χ3n) is 5.55. The molecule has 176 valence electrons. The molecule has 34 heavy (non-hydrogen) atoms. The number of nitrogens with zero attached hydrogens (tertiary/aromatic N) is 1. The largest absolute Gasteiger partial charge is 0.347 e. The smallest absolute Gasteiger partial charge is 0.239 e. The van der Waals surface area contributed by atoms with Crippen molar-refractivity contribution in [1.29, 1.82) is 10.8 Å². The monoisotopic (exact) mass is 455 g/mol. The molecule has 0 saturated carbocycles. The van der Waals surface area contributed by atoms with Crippen LogP contribution in [0.5, 0.6) is 0 Å². The van der Waals surface area contributed by atoms with Crippen LogP contribution in [0, 0.1) is 10.8 Å². The van der Waals surface area contributed by atoms with Crippen molar-refractivity contribution in [3.63, 3.8) is 0 Å². The highest BCUT2D eigenvalue weighted by Gasteiger charge is 2.23. The molecule has 0 spiro atoms. The molecular weight excluding hydrogens is 422 g/mol. The highest BCUT2D eigenvalue weighted by Crippen LogP contribution is 2.20. The first-order chi connectivity index (χ1) is 16.2. The quantitative estimate of drug-likeness (QED) is 0.280. The zero-order chi connectivity index (χ0) is 24.6. The molecule has 0 heterocycles. The van der Waals surface area contributed by atoms with E-state index in [-0.39, 0.29) is 18.3 Å². The minimum absolute atomic E-state index is 0.00921. The molecule has 0 saturated heterocycles. The van der Waals surface area contributed by atoms with Crippen LogP contribution in [0.15, 0.2) is 84.9 Å². The Bertz CT molecular complexity index is 1100. The highest BCUT2D eigenvalue weighted by atomic mass is 16.2. The number of carbonyl (C=O) groups is 1. The van der Waals surface area contributed by atoms with Crippen molar-refractivity contribution in [3.8, 4) is 11.1 Å². The number of aryl methyl sites for hydroxylation is 1. The SMILES string of the molecule is CC(C)(N)C(=O)NCC(=N)N(Cc1ccc(-c2ccccc2)cc1)C(=N)CCc1ccccc1. The molecule has 0 fully saturated rings. The lowest BCUT2D eigenvalue weighted by Crippen LogP contribution is -2.52. The molecule has 0 unspecified atom stereocenters. The summed E-state index contributed by atoms with van der Waals surface area (Å²) in [5.41, 5.74) is 9.21. The highest BCUT2D eigenvalue weighted by molar-refractivity contribution is 6.00. The zero-order valence-electron chi connectivity index (χ0n) is 19.8. The van der Waals surface area contributed by atoms with Gasteiger partial charge in [0.05, 0.1) is 18.6 Å². The maximum Gasteiger partial charge on any atom is 0.239 e. The van der Waals surface area contributed by atoms with Crippen molar-refractivity contribution < 1.29 is 4.79 Å². The Morgan fingerprint density at radius 3 is 1.97 bits per heavy atom. The van der Waals surface area contributed by atoms with Crippen LogP contribution in [0.25, 0.3) is 11.1 Å².